The highest BCUT2D eigenvalue weighted by atomic mass is 19.4. The minimum atomic E-state index is -4.55. The maximum absolute atomic E-state index is 13.5. The molecule has 2 atom stereocenters. The van der Waals surface area contributed by atoms with E-state index in [9.17, 15) is 23.1 Å². The molecule has 0 aromatic carbocycles. The van der Waals surface area contributed by atoms with E-state index in [1.54, 1.807) is 18.7 Å². The smallest absolute Gasteiger partial charge is 0.389 e. The molecule has 152 valence electrons. The van der Waals surface area contributed by atoms with Crippen LogP contribution in [0, 0.1) is 0 Å². The summed E-state index contributed by atoms with van der Waals surface area (Å²) in [6.07, 6.45) is -4.81. The quantitative estimate of drug-likeness (QED) is 0.845. The minimum Gasteiger partial charge on any atom is -0.389 e. The summed E-state index contributed by atoms with van der Waals surface area (Å²) in [4.78, 5) is 20.5. The van der Waals surface area contributed by atoms with Crippen LogP contribution in [0.4, 0.5) is 24.9 Å². The second-order valence-corrected chi connectivity index (χ2v) is 7.82. The monoisotopic (exact) mass is 390 g/mol. The third-order valence-corrected chi connectivity index (χ3v) is 4.80. The van der Waals surface area contributed by atoms with Crippen molar-refractivity contribution in [1.82, 2.24) is 9.55 Å². The number of aliphatic hydroxyl groups is 1. The Kier molecular flexibility index (Phi) is 5.15. The SMILES string of the molecule is C[C@@H]1COCCN1c1cc(=O)n2c(n1)N(CC(C)(C)O)CCC2C(F)(F)F. The molecule has 2 aliphatic heterocycles. The predicted octanol–water partition coefficient (Wildman–Crippen LogP) is 1.55. The second kappa shape index (κ2) is 6.97. The van der Waals surface area contributed by atoms with Gasteiger partial charge in [-0.15, -0.1) is 0 Å². The first-order valence-corrected chi connectivity index (χ1v) is 8.99. The zero-order valence-electron chi connectivity index (χ0n) is 15.7. The number of alkyl halides is 3. The lowest BCUT2D eigenvalue weighted by Gasteiger charge is -2.40. The summed E-state index contributed by atoms with van der Waals surface area (Å²) in [5, 5.41) is 10.1. The van der Waals surface area contributed by atoms with Crippen molar-refractivity contribution in [1.29, 1.82) is 0 Å². The molecule has 1 saturated heterocycles. The average molecular weight is 390 g/mol. The van der Waals surface area contributed by atoms with Gasteiger partial charge in [0.1, 0.15) is 11.9 Å². The van der Waals surface area contributed by atoms with Crippen molar-refractivity contribution in [3.8, 4) is 0 Å². The molecular weight excluding hydrogens is 365 g/mol. The van der Waals surface area contributed by atoms with Crippen LogP contribution in [-0.4, -0.2) is 65.3 Å². The predicted molar refractivity (Wildman–Crippen MR) is 94.3 cm³/mol. The molecule has 7 nitrogen and oxygen atoms in total. The Morgan fingerprint density at radius 2 is 2.04 bits per heavy atom. The van der Waals surface area contributed by atoms with Gasteiger partial charge in [0.15, 0.2) is 0 Å². The van der Waals surface area contributed by atoms with Gasteiger partial charge >= 0.3 is 6.18 Å². The Morgan fingerprint density at radius 1 is 1.33 bits per heavy atom. The van der Waals surface area contributed by atoms with Gasteiger partial charge in [-0.1, -0.05) is 0 Å². The highest BCUT2D eigenvalue weighted by molar-refractivity contribution is 5.47. The molecule has 0 radical (unpaired) electrons. The molecule has 0 bridgehead atoms. The summed E-state index contributed by atoms with van der Waals surface area (Å²) < 4.78 is 46.6. The largest absolute Gasteiger partial charge is 0.409 e. The number of fused-ring (bicyclic) bond motifs is 1. The van der Waals surface area contributed by atoms with Crippen molar-refractivity contribution in [2.24, 2.45) is 0 Å². The summed E-state index contributed by atoms with van der Waals surface area (Å²) in [5.41, 5.74) is -1.88. The summed E-state index contributed by atoms with van der Waals surface area (Å²) >= 11 is 0. The van der Waals surface area contributed by atoms with Gasteiger partial charge in [-0.25, -0.2) is 0 Å². The lowest BCUT2D eigenvalue weighted by molar-refractivity contribution is -0.171. The van der Waals surface area contributed by atoms with Crippen LogP contribution in [-0.2, 0) is 4.74 Å². The molecule has 27 heavy (non-hydrogen) atoms. The number of hydrogen-bond acceptors (Lipinski definition) is 6. The van der Waals surface area contributed by atoms with Gasteiger partial charge in [0.2, 0.25) is 5.95 Å². The van der Waals surface area contributed by atoms with E-state index in [0.29, 0.717) is 30.1 Å². The van der Waals surface area contributed by atoms with Crippen molar-refractivity contribution in [2.75, 3.05) is 42.6 Å². The van der Waals surface area contributed by atoms with Crippen LogP contribution in [0.25, 0.3) is 0 Å². The van der Waals surface area contributed by atoms with Crippen LogP contribution >= 0.6 is 0 Å². The summed E-state index contributed by atoms with van der Waals surface area (Å²) in [6.45, 7) is 6.60. The molecule has 0 aliphatic carbocycles. The maximum Gasteiger partial charge on any atom is 0.409 e. The molecule has 0 amide bonds. The molecule has 0 spiro atoms. The van der Waals surface area contributed by atoms with E-state index in [1.165, 1.54) is 0 Å². The van der Waals surface area contributed by atoms with Crippen LogP contribution in [0.2, 0.25) is 0 Å². The number of morpholine rings is 1. The van der Waals surface area contributed by atoms with Gasteiger partial charge < -0.3 is 19.6 Å². The Hall–Kier alpha value is -1.81. The van der Waals surface area contributed by atoms with E-state index in [0.717, 1.165) is 6.07 Å². The standard InChI is InChI=1S/C17H25F3N4O3/c1-11-9-27-7-6-23(11)13-8-14(25)24-12(17(18,19)20)4-5-22(15(24)21-13)10-16(2,3)26/h8,11-12,26H,4-7,9-10H2,1-3H3/t11-,12?/m1/s1. The Labute approximate surface area is 155 Å². The van der Waals surface area contributed by atoms with Gasteiger partial charge in [-0.05, 0) is 27.2 Å². The number of aromatic nitrogens is 2. The third kappa shape index (κ3) is 4.21. The van der Waals surface area contributed by atoms with Gasteiger partial charge in [0.05, 0.1) is 24.9 Å². The molecule has 1 fully saturated rings. The molecule has 1 unspecified atom stereocenters. The van der Waals surface area contributed by atoms with Gasteiger partial charge in [0, 0.05) is 25.7 Å². The first-order valence-electron chi connectivity index (χ1n) is 8.99. The molecule has 1 aromatic rings. The second-order valence-electron chi connectivity index (χ2n) is 7.82. The maximum atomic E-state index is 13.5. The van der Waals surface area contributed by atoms with Crippen LogP contribution in [0.3, 0.4) is 0 Å². The highest BCUT2D eigenvalue weighted by Gasteiger charge is 2.46. The Morgan fingerprint density at radius 3 is 2.63 bits per heavy atom. The molecule has 10 heteroatoms. The lowest BCUT2D eigenvalue weighted by atomic mass is 10.1. The fourth-order valence-corrected chi connectivity index (χ4v) is 3.63. The normalized spacial score (nSPS) is 24.1. The molecule has 0 saturated carbocycles. The van der Waals surface area contributed by atoms with Crippen molar-refractivity contribution in [3.05, 3.63) is 16.4 Å². The number of anilines is 2. The van der Waals surface area contributed by atoms with E-state index in [-0.39, 0.29) is 31.5 Å². The van der Waals surface area contributed by atoms with Crippen molar-refractivity contribution in [2.45, 2.75) is 51.1 Å². The Balaban J connectivity index is 2.09. The van der Waals surface area contributed by atoms with E-state index >= 15 is 0 Å². The molecular formula is C17H25F3N4O3. The van der Waals surface area contributed by atoms with Gasteiger partial charge in [-0.3, -0.25) is 9.36 Å². The molecule has 1 aromatic heterocycles. The molecule has 2 aliphatic rings. The summed E-state index contributed by atoms with van der Waals surface area (Å²) in [5.74, 6) is 0.289. The zero-order valence-corrected chi connectivity index (χ0v) is 15.7. The van der Waals surface area contributed by atoms with Crippen LogP contribution < -0.4 is 15.4 Å². The number of nitrogens with zero attached hydrogens (tertiary/aromatic N) is 4. The molecule has 1 N–H and O–H groups in total. The van der Waals surface area contributed by atoms with E-state index in [1.807, 2.05) is 11.8 Å². The highest BCUT2D eigenvalue weighted by Crippen LogP contribution is 2.38. The van der Waals surface area contributed by atoms with E-state index in [4.69, 9.17) is 4.74 Å². The number of ether oxygens (including phenoxy) is 1. The average Bonchev–Trinajstić information content (AvgIpc) is 2.53. The molecule has 3 heterocycles. The van der Waals surface area contributed by atoms with Crippen LogP contribution in [0.15, 0.2) is 10.9 Å². The number of hydrogen-bond donors (Lipinski definition) is 1. The fourth-order valence-electron chi connectivity index (χ4n) is 3.63. The van der Waals surface area contributed by atoms with Crippen molar-refractivity contribution in [3.63, 3.8) is 0 Å². The fraction of sp³-hybridized carbons (Fsp3) is 0.765. The number of β-amino-alcohol motifs (C(OH)–C–C–N with tert-alkyl or cyclic N) is 1. The zero-order chi connectivity index (χ0) is 20.0. The van der Waals surface area contributed by atoms with Crippen molar-refractivity contribution >= 4 is 11.8 Å². The third-order valence-electron chi connectivity index (χ3n) is 4.80. The van der Waals surface area contributed by atoms with E-state index in [2.05, 4.69) is 4.98 Å². The van der Waals surface area contributed by atoms with Crippen molar-refractivity contribution < 1.29 is 23.0 Å². The number of rotatable bonds is 3. The summed E-state index contributed by atoms with van der Waals surface area (Å²) in [6, 6.07) is -0.794. The van der Waals surface area contributed by atoms with E-state index < -0.39 is 23.4 Å². The minimum absolute atomic E-state index is 0.0431. The van der Waals surface area contributed by atoms with Gasteiger partial charge in [-0.2, -0.15) is 18.2 Å². The topological polar surface area (TPSA) is 70.8 Å². The van der Waals surface area contributed by atoms with Crippen LogP contribution in [0.1, 0.15) is 33.2 Å². The van der Waals surface area contributed by atoms with Crippen LogP contribution in [0.5, 0.6) is 0 Å². The van der Waals surface area contributed by atoms with Gasteiger partial charge in [0.25, 0.3) is 5.56 Å². The summed E-state index contributed by atoms with van der Waals surface area (Å²) in [7, 11) is 0. The first-order chi connectivity index (χ1) is 12.5. The molecule has 3 rings (SSSR count). The number of halogens is 3. The lowest BCUT2D eigenvalue weighted by Crippen LogP contribution is -2.50. The first kappa shape index (κ1) is 19.9. The Bertz CT molecular complexity index is 744.